The van der Waals surface area contributed by atoms with Crippen LogP contribution < -0.4 is 11.1 Å². The second kappa shape index (κ2) is 7.00. The fraction of sp³-hybridized carbons (Fsp3) is 0.471. The third-order valence-electron chi connectivity index (χ3n) is 4.48. The monoisotopic (exact) mass is 347 g/mol. The molecule has 1 aromatic carbocycles. The number of rotatable bonds is 4. The topological polar surface area (TPSA) is 105 Å². The number of nitrogens with one attached hydrogen (secondary N) is 1. The minimum absolute atomic E-state index is 0.140. The molecule has 3 rings (SSSR count). The number of piperidine rings is 1. The number of nitrogens with zero attached hydrogens (tertiary/aromatic N) is 2. The molecule has 1 aliphatic heterocycles. The van der Waals surface area contributed by atoms with Gasteiger partial charge in [0.2, 0.25) is 0 Å². The van der Waals surface area contributed by atoms with E-state index < -0.39 is 17.6 Å². The van der Waals surface area contributed by atoms with Gasteiger partial charge in [-0.2, -0.15) is 0 Å². The van der Waals surface area contributed by atoms with Crippen LogP contribution in [-0.4, -0.2) is 46.2 Å². The highest BCUT2D eigenvalue weighted by atomic mass is 16.4. The predicted molar refractivity (Wildman–Crippen MR) is 90.4 cm³/mol. The van der Waals surface area contributed by atoms with E-state index in [4.69, 9.17) is 4.42 Å². The SMILES string of the molecule is CC1CC(C(=O)O)CN(C(=O)NCCn2c(=O)oc3ccccc32)C1. The molecular weight excluding hydrogens is 326 g/mol. The Hall–Kier alpha value is -2.77. The van der Waals surface area contributed by atoms with Crippen LogP contribution in [0.2, 0.25) is 0 Å². The molecule has 2 atom stereocenters. The molecule has 0 aliphatic carbocycles. The van der Waals surface area contributed by atoms with E-state index in [1.54, 1.807) is 18.2 Å². The van der Waals surface area contributed by atoms with E-state index in [0.29, 0.717) is 24.1 Å². The van der Waals surface area contributed by atoms with Gasteiger partial charge >= 0.3 is 17.8 Å². The summed E-state index contributed by atoms with van der Waals surface area (Å²) in [6.07, 6.45) is 0.579. The summed E-state index contributed by atoms with van der Waals surface area (Å²) in [7, 11) is 0. The zero-order chi connectivity index (χ0) is 18.0. The van der Waals surface area contributed by atoms with E-state index in [1.807, 2.05) is 13.0 Å². The lowest BCUT2D eigenvalue weighted by Gasteiger charge is -2.34. The maximum absolute atomic E-state index is 12.3. The molecule has 0 radical (unpaired) electrons. The van der Waals surface area contributed by atoms with E-state index >= 15 is 0 Å². The number of urea groups is 1. The van der Waals surface area contributed by atoms with Crippen LogP contribution in [0, 0.1) is 11.8 Å². The number of aromatic nitrogens is 1. The zero-order valence-electron chi connectivity index (χ0n) is 14.0. The minimum Gasteiger partial charge on any atom is -0.481 e. The summed E-state index contributed by atoms with van der Waals surface area (Å²) in [5.41, 5.74) is 1.19. The van der Waals surface area contributed by atoms with Gasteiger partial charge in [-0.1, -0.05) is 19.1 Å². The number of aliphatic carboxylic acids is 1. The maximum atomic E-state index is 12.3. The average Bonchev–Trinajstić information content (AvgIpc) is 2.90. The van der Waals surface area contributed by atoms with Gasteiger partial charge in [0, 0.05) is 26.2 Å². The largest absolute Gasteiger partial charge is 0.481 e. The molecule has 134 valence electrons. The highest BCUT2D eigenvalue weighted by Gasteiger charge is 2.31. The Bertz CT molecular complexity index is 840. The van der Waals surface area contributed by atoms with Crippen molar-refractivity contribution in [2.75, 3.05) is 19.6 Å². The molecule has 1 aliphatic rings. The fourth-order valence-corrected chi connectivity index (χ4v) is 3.31. The predicted octanol–water partition coefficient (Wildman–Crippen LogP) is 1.35. The lowest BCUT2D eigenvalue weighted by Crippen LogP contribution is -2.50. The molecular formula is C17H21N3O5. The van der Waals surface area contributed by atoms with E-state index in [1.165, 1.54) is 9.47 Å². The summed E-state index contributed by atoms with van der Waals surface area (Å²) in [4.78, 5) is 36.9. The van der Waals surface area contributed by atoms with E-state index in [0.717, 1.165) is 0 Å². The summed E-state index contributed by atoms with van der Waals surface area (Å²) in [5, 5.41) is 11.9. The van der Waals surface area contributed by atoms with Gasteiger partial charge in [-0.3, -0.25) is 9.36 Å². The number of carboxylic acids is 1. The van der Waals surface area contributed by atoms with E-state index in [2.05, 4.69) is 5.32 Å². The first-order valence-electron chi connectivity index (χ1n) is 8.29. The first-order chi connectivity index (χ1) is 12.0. The lowest BCUT2D eigenvalue weighted by molar-refractivity contribution is -0.143. The Labute approximate surface area is 144 Å². The quantitative estimate of drug-likeness (QED) is 0.868. The third-order valence-corrected chi connectivity index (χ3v) is 4.48. The van der Waals surface area contributed by atoms with Gasteiger partial charge < -0.3 is 19.7 Å². The maximum Gasteiger partial charge on any atom is 0.420 e. The summed E-state index contributed by atoms with van der Waals surface area (Å²) in [5.74, 6) is -1.73. The van der Waals surface area contributed by atoms with Crippen LogP contribution >= 0.6 is 0 Å². The van der Waals surface area contributed by atoms with Crippen molar-refractivity contribution in [2.24, 2.45) is 11.8 Å². The normalized spacial score (nSPS) is 20.6. The minimum atomic E-state index is -0.874. The number of oxazole rings is 1. The number of hydrogen-bond acceptors (Lipinski definition) is 4. The molecule has 2 heterocycles. The number of carboxylic acid groups (broad SMARTS) is 1. The molecule has 8 nitrogen and oxygen atoms in total. The standard InChI is InChI=1S/C17H21N3O5/c1-11-8-12(15(21)22)10-19(9-11)16(23)18-6-7-20-13-4-2-3-5-14(13)25-17(20)24/h2-5,11-12H,6-10H2,1H3,(H,18,23)(H,21,22). The van der Waals surface area contributed by atoms with Crippen molar-refractivity contribution in [3.05, 3.63) is 34.8 Å². The molecule has 1 aromatic heterocycles. The molecule has 8 heteroatoms. The van der Waals surface area contributed by atoms with Crippen molar-refractivity contribution < 1.29 is 19.1 Å². The number of amides is 2. The zero-order valence-corrected chi connectivity index (χ0v) is 14.0. The molecule has 2 aromatic rings. The van der Waals surface area contributed by atoms with Gasteiger partial charge in [-0.25, -0.2) is 9.59 Å². The van der Waals surface area contributed by atoms with Crippen molar-refractivity contribution in [2.45, 2.75) is 19.9 Å². The van der Waals surface area contributed by atoms with E-state index in [-0.39, 0.29) is 31.6 Å². The van der Waals surface area contributed by atoms with Crippen molar-refractivity contribution in [3.63, 3.8) is 0 Å². The Kier molecular flexibility index (Phi) is 4.78. The van der Waals surface area contributed by atoms with Crippen LogP contribution in [0.25, 0.3) is 11.1 Å². The molecule has 25 heavy (non-hydrogen) atoms. The number of para-hydroxylation sites is 2. The molecule has 1 saturated heterocycles. The van der Waals surface area contributed by atoms with Gasteiger partial charge in [0.25, 0.3) is 0 Å². The summed E-state index contributed by atoms with van der Waals surface area (Å²) in [6, 6.07) is 6.79. The van der Waals surface area contributed by atoms with Crippen LogP contribution in [-0.2, 0) is 11.3 Å². The second-order valence-corrected chi connectivity index (χ2v) is 6.50. The Morgan fingerprint density at radius 2 is 2.08 bits per heavy atom. The van der Waals surface area contributed by atoms with Gasteiger partial charge in [-0.05, 0) is 24.5 Å². The van der Waals surface area contributed by atoms with Crippen LogP contribution in [0.4, 0.5) is 4.79 Å². The number of likely N-dealkylation sites (tertiary alicyclic amines) is 1. The van der Waals surface area contributed by atoms with E-state index in [9.17, 15) is 19.5 Å². The molecule has 2 unspecified atom stereocenters. The van der Waals surface area contributed by atoms with Gasteiger partial charge in [0.05, 0.1) is 11.4 Å². The third kappa shape index (κ3) is 3.67. The number of carbonyl (C=O) groups is 2. The second-order valence-electron chi connectivity index (χ2n) is 6.50. The highest BCUT2D eigenvalue weighted by Crippen LogP contribution is 2.21. The molecule has 0 bridgehead atoms. The van der Waals surface area contributed by atoms with Gasteiger partial charge in [0.15, 0.2) is 5.58 Å². The van der Waals surface area contributed by atoms with Gasteiger partial charge in [0.1, 0.15) is 0 Å². The molecule has 0 spiro atoms. The molecule has 2 N–H and O–H groups in total. The number of fused-ring (bicyclic) bond motifs is 1. The van der Waals surface area contributed by atoms with Crippen molar-refractivity contribution in [1.29, 1.82) is 0 Å². The Morgan fingerprint density at radius 1 is 1.32 bits per heavy atom. The van der Waals surface area contributed by atoms with Crippen LogP contribution in [0.15, 0.2) is 33.5 Å². The molecule has 0 saturated carbocycles. The first-order valence-corrected chi connectivity index (χ1v) is 8.29. The first kappa shape index (κ1) is 17.1. The fourth-order valence-electron chi connectivity index (χ4n) is 3.31. The molecule has 2 amide bonds. The molecule has 1 fully saturated rings. The number of carbonyl (C=O) groups excluding carboxylic acids is 1. The Morgan fingerprint density at radius 3 is 2.84 bits per heavy atom. The average molecular weight is 347 g/mol. The smallest absolute Gasteiger partial charge is 0.420 e. The Balaban J connectivity index is 1.60. The summed E-state index contributed by atoms with van der Waals surface area (Å²) < 4.78 is 6.61. The number of benzene rings is 1. The van der Waals surface area contributed by atoms with Crippen molar-refractivity contribution in [1.82, 2.24) is 14.8 Å². The summed E-state index contributed by atoms with van der Waals surface area (Å²) in [6.45, 7) is 3.22. The van der Waals surface area contributed by atoms with Crippen molar-refractivity contribution in [3.8, 4) is 0 Å². The van der Waals surface area contributed by atoms with Crippen molar-refractivity contribution >= 4 is 23.1 Å². The number of hydrogen-bond donors (Lipinski definition) is 2. The van der Waals surface area contributed by atoms with Crippen LogP contribution in [0.5, 0.6) is 0 Å². The lowest BCUT2D eigenvalue weighted by atomic mass is 9.91. The van der Waals surface area contributed by atoms with Crippen LogP contribution in [0.1, 0.15) is 13.3 Å². The van der Waals surface area contributed by atoms with Gasteiger partial charge in [-0.15, -0.1) is 0 Å². The summed E-state index contributed by atoms with van der Waals surface area (Å²) >= 11 is 0. The highest BCUT2D eigenvalue weighted by molar-refractivity contribution is 5.76. The van der Waals surface area contributed by atoms with Crippen LogP contribution in [0.3, 0.4) is 0 Å².